The molecule has 1 saturated carbocycles. The van der Waals surface area contributed by atoms with Gasteiger partial charge in [-0.25, -0.2) is 9.97 Å². The van der Waals surface area contributed by atoms with Crippen LogP contribution in [-0.4, -0.2) is 39.9 Å². The van der Waals surface area contributed by atoms with Crippen molar-refractivity contribution in [1.82, 2.24) is 14.9 Å². The van der Waals surface area contributed by atoms with Gasteiger partial charge in [0.1, 0.15) is 17.2 Å². The van der Waals surface area contributed by atoms with E-state index in [1.807, 2.05) is 42.2 Å². The van der Waals surface area contributed by atoms with Gasteiger partial charge < -0.3 is 10.2 Å². The molecule has 2 aromatic heterocycles. The Kier molecular flexibility index (Phi) is 5.83. The molecule has 0 bridgehead atoms. The fourth-order valence-corrected chi connectivity index (χ4v) is 5.66. The number of nitrogens with zero attached hydrogens (tertiary/aromatic N) is 3. The number of aromatic nitrogens is 2. The van der Waals surface area contributed by atoms with E-state index < -0.39 is 11.9 Å². The van der Waals surface area contributed by atoms with Crippen LogP contribution in [0.25, 0.3) is 10.4 Å². The zero-order valence-corrected chi connectivity index (χ0v) is 19.5. The van der Waals surface area contributed by atoms with Crippen LogP contribution in [-0.2, 0) is 6.18 Å². The highest BCUT2D eigenvalue weighted by Gasteiger charge is 2.49. The highest BCUT2D eigenvalue weighted by molar-refractivity contribution is 7.15. The van der Waals surface area contributed by atoms with E-state index in [0.29, 0.717) is 18.8 Å². The summed E-state index contributed by atoms with van der Waals surface area (Å²) in [5.41, 5.74) is 0.723. The minimum Gasteiger partial charge on any atom is -0.368 e. The predicted molar refractivity (Wildman–Crippen MR) is 126 cm³/mol. The van der Waals surface area contributed by atoms with Crippen LogP contribution in [0.5, 0.6) is 0 Å². The number of halogens is 3. The van der Waals surface area contributed by atoms with Gasteiger partial charge in [-0.1, -0.05) is 36.4 Å². The van der Waals surface area contributed by atoms with Gasteiger partial charge in [-0.15, -0.1) is 11.3 Å². The molecule has 3 heterocycles. The Labute approximate surface area is 200 Å². The maximum atomic E-state index is 13.7. The lowest BCUT2D eigenvalue weighted by molar-refractivity contribution is -0.141. The molecule has 1 spiro atoms. The van der Waals surface area contributed by atoms with Crippen LogP contribution in [0.3, 0.4) is 0 Å². The van der Waals surface area contributed by atoms with Crippen molar-refractivity contribution in [3.63, 3.8) is 0 Å². The summed E-state index contributed by atoms with van der Waals surface area (Å²) in [6.45, 7) is 2.85. The van der Waals surface area contributed by atoms with E-state index in [4.69, 9.17) is 0 Å². The molecule has 2 fully saturated rings. The number of rotatable bonds is 5. The monoisotopic (exact) mass is 486 g/mol. The molecule has 178 valence electrons. The molecular weight excluding hydrogens is 461 g/mol. The van der Waals surface area contributed by atoms with Gasteiger partial charge in [0.2, 0.25) is 0 Å². The molecule has 0 radical (unpaired) electrons. The molecule has 1 aromatic carbocycles. The van der Waals surface area contributed by atoms with Crippen LogP contribution in [0.15, 0.2) is 48.5 Å². The van der Waals surface area contributed by atoms with E-state index in [2.05, 4.69) is 15.3 Å². The summed E-state index contributed by atoms with van der Waals surface area (Å²) in [5.74, 6) is 0.0367. The van der Waals surface area contributed by atoms with Crippen LogP contribution < -0.4 is 5.32 Å². The van der Waals surface area contributed by atoms with Crippen molar-refractivity contribution in [2.24, 2.45) is 5.41 Å². The third-order valence-electron chi connectivity index (χ3n) is 6.74. The number of benzene rings is 1. The van der Waals surface area contributed by atoms with Crippen LogP contribution in [0, 0.1) is 12.3 Å². The Morgan fingerprint density at radius 1 is 1.12 bits per heavy atom. The highest BCUT2D eigenvalue weighted by atomic mass is 32.1. The number of alkyl halides is 3. The van der Waals surface area contributed by atoms with Crippen molar-refractivity contribution >= 4 is 23.1 Å². The molecule has 1 N–H and O–H groups in total. The molecule has 0 unspecified atom stereocenters. The zero-order chi connectivity index (χ0) is 23.9. The number of aryl methyl sites for hydroxylation is 1. The third-order valence-corrected chi connectivity index (χ3v) is 7.76. The molecule has 34 heavy (non-hydrogen) atoms. The van der Waals surface area contributed by atoms with E-state index in [1.165, 1.54) is 23.5 Å². The molecular formula is C25H25F3N4OS. The van der Waals surface area contributed by atoms with E-state index in [0.717, 1.165) is 47.2 Å². The van der Waals surface area contributed by atoms with Gasteiger partial charge in [0, 0.05) is 19.1 Å². The first-order valence-corrected chi connectivity index (χ1v) is 12.2. The van der Waals surface area contributed by atoms with E-state index >= 15 is 0 Å². The average molecular weight is 487 g/mol. The molecule has 1 aliphatic heterocycles. The Bertz CT molecular complexity index is 1190. The molecule has 1 saturated heterocycles. The van der Waals surface area contributed by atoms with Crippen LogP contribution in [0.2, 0.25) is 0 Å². The molecule has 5 nitrogen and oxygen atoms in total. The minimum atomic E-state index is -4.50. The summed E-state index contributed by atoms with van der Waals surface area (Å²) < 4.78 is 39.2. The van der Waals surface area contributed by atoms with Crippen molar-refractivity contribution in [2.75, 3.05) is 18.4 Å². The van der Waals surface area contributed by atoms with Crippen molar-refractivity contribution < 1.29 is 18.0 Å². The van der Waals surface area contributed by atoms with Crippen molar-refractivity contribution in [3.05, 3.63) is 64.9 Å². The minimum absolute atomic E-state index is 0.123. The third kappa shape index (κ3) is 4.66. The van der Waals surface area contributed by atoms with Crippen LogP contribution in [0.4, 0.5) is 19.0 Å². The number of likely N-dealkylation sites (tertiary alicyclic amines) is 1. The van der Waals surface area contributed by atoms with Gasteiger partial charge in [0.25, 0.3) is 5.91 Å². The summed E-state index contributed by atoms with van der Waals surface area (Å²) in [6.07, 6.45) is -0.453. The number of amides is 1. The fraction of sp³-hybridized carbons (Fsp3) is 0.400. The molecule has 1 amide bonds. The van der Waals surface area contributed by atoms with E-state index in [1.54, 1.807) is 0 Å². The van der Waals surface area contributed by atoms with Gasteiger partial charge in [0.05, 0.1) is 9.88 Å². The molecule has 1 atom stereocenters. The lowest BCUT2D eigenvalue weighted by atomic mass is 9.87. The van der Waals surface area contributed by atoms with Crippen molar-refractivity contribution in [2.45, 2.75) is 44.8 Å². The van der Waals surface area contributed by atoms with Crippen LogP contribution in [0.1, 0.15) is 46.9 Å². The van der Waals surface area contributed by atoms with Crippen molar-refractivity contribution in [3.8, 4) is 10.4 Å². The largest absolute Gasteiger partial charge is 0.433 e. The van der Waals surface area contributed by atoms with E-state index in [-0.39, 0.29) is 23.2 Å². The Morgan fingerprint density at radius 3 is 2.59 bits per heavy atom. The molecule has 2 aliphatic rings. The Hall–Kier alpha value is -2.94. The number of pyridine rings is 1. The lowest BCUT2D eigenvalue weighted by Crippen LogP contribution is -2.50. The number of thiazole rings is 1. The Balaban J connectivity index is 1.38. The zero-order valence-electron chi connectivity index (χ0n) is 18.7. The number of hydrogen-bond donors (Lipinski definition) is 1. The standard InChI is InChI=1S/C25H25F3N4OS/c1-16-30-21(22(34-16)17-6-3-2-4-7-17)23(33)32-13-12-24(10-11-24)14-18(32)15-29-20-9-5-8-19(31-20)25(26,27)28/h2-9,18H,10-15H2,1H3,(H,29,31)/t18-/m0/s1. The average Bonchev–Trinajstić information content (AvgIpc) is 3.45. The highest BCUT2D eigenvalue weighted by Crippen LogP contribution is 2.55. The lowest BCUT2D eigenvalue weighted by Gasteiger charge is -2.40. The van der Waals surface area contributed by atoms with Crippen LogP contribution >= 0.6 is 11.3 Å². The normalized spacial score (nSPS) is 19.3. The summed E-state index contributed by atoms with van der Waals surface area (Å²) in [7, 11) is 0. The quantitative estimate of drug-likeness (QED) is 0.479. The topological polar surface area (TPSA) is 58.1 Å². The molecule has 9 heteroatoms. The fourth-order valence-electron chi connectivity index (χ4n) is 4.74. The maximum absolute atomic E-state index is 13.7. The number of carbonyl (C=O) groups excluding carboxylic acids is 1. The molecule has 5 rings (SSSR count). The van der Waals surface area contributed by atoms with E-state index in [9.17, 15) is 18.0 Å². The summed E-state index contributed by atoms with van der Waals surface area (Å²) >= 11 is 1.50. The Morgan fingerprint density at radius 2 is 1.88 bits per heavy atom. The second-order valence-electron chi connectivity index (χ2n) is 9.17. The van der Waals surface area contributed by atoms with Gasteiger partial charge in [-0.2, -0.15) is 13.2 Å². The maximum Gasteiger partial charge on any atom is 0.433 e. The second-order valence-corrected chi connectivity index (χ2v) is 10.4. The van der Waals surface area contributed by atoms with Crippen molar-refractivity contribution in [1.29, 1.82) is 0 Å². The molecule has 1 aliphatic carbocycles. The number of nitrogens with one attached hydrogen (secondary N) is 1. The second kappa shape index (κ2) is 8.69. The molecule has 3 aromatic rings. The first kappa shape index (κ1) is 22.8. The summed E-state index contributed by atoms with van der Waals surface area (Å²) in [5, 5.41) is 3.88. The predicted octanol–water partition coefficient (Wildman–Crippen LogP) is 6.03. The first-order chi connectivity index (χ1) is 16.2. The summed E-state index contributed by atoms with van der Waals surface area (Å²) in [4.78, 5) is 24.7. The van der Waals surface area contributed by atoms with Gasteiger partial charge in [-0.3, -0.25) is 4.79 Å². The first-order valence-electron chi connectivity index (χ1n) is 11.4. The SMILES string of the molecule is Cc1nc(C(=O)N2CCC3(CC3)C[C@H]2CNc2cccc(C(F)(F)F)n2)c(-c2ccccc2)s1. The smallest absolute Gasteiger partial charge is 0.368 e. The number of carbonyl (C=O) groups is 1. The summed E-state index contributed by atoms with van der Waals surface area (Å²) in [6, 6.07) is 13.4. The number of piperidine rings is 1. The van der Waals surface area contributed by atoms with Gasteiger partial charge >= 0.3 is 6.18 Å². The van der Waals surface area contributed by atoms with Gasteiger partial charge in [0.15, 0.2) is 0 Å². The number of anilines is 1. The number of hydrogen-bond acceptors (Lipinski definition) is 5. The van der Waals surface area contributed by atoms with Gasteiger partial charge in [-0.05, 0) is 55.7 Å².